The van der Waals surface area contributed by atoms with E-state index < -0.39 is 10.0 Å². The van der Waals surface area contributed by atoms with Crippen molar-refractivity contribution in [3.05, 3.63) is 95.6 Å². The third-order valence-corrected chi connectivity index (χ3v) is 7.89. The first-order chi connectivity index (χ1) is 15.4. The summed E-state index contributed by atoms with van der Waals surface area (Å²) in [5.41, 5.74) is 4.00. The lowest BCUT2D eigenvalue weighted by Gasteiger charge is -2.36. The number of benzene rings is 3. The summed E-state index contributed by atoms with van der Waals surface area (Å²) in [5.74, 6) is -0.456. The molecule has 2 heterocycles. The highest BCUT2D eigenvalue weighted by Gasteiger charge is 2.47. The number of aryl methyl sites for hydroxylation is 1. The molecule has 2 unspecified atom stereocenters. The molecule has 1 amide bonds. The zero-order valence-electron chi connectivity index (χ0n) is 17.8. The number of para-hydroxylation sites is 1. The van der Waals surface area contributed by atoms with E-state index in [-0.39, 0.29) is 29.3 Å². The molecule has 0 radical (unpaired) electrons. The number of rotatable bonds is 3. The van der Waals surface area contributed by atoms with Gasteiger partial charge in [0.1, 0.15) is 0 Å². The van der Waals surface area contributed by atoms with Crippen molar-refractivity contribution >= 4 is 27.3 Å². The molecule has 0 fully saturated rings. The second kappa shape index (κ2) is 7.60. The van der Waals surface area contributed by atoms with E-state index in [2.05, 4.69) is 5.10 Å². The standard InChI is InChI=1S/C25H23N3O3S/c1-17-12-14-20(15-13-17)32(30,31)27-16-22-24(21-10-6-7-11-23(21)27)26-28(18(2)29)25(22)19-8-4-3-5-9-19/h3-15,22,25H,16H2,1-2H3. The minimum absolute atomic E-state index is 0.175. The average molecular weight is 446 g/mol. The Morgan fingerprint density at radius 2 is 1.59 bits per heavy atom. The van der Waals surface area contributed by atoms with Gasteiger partial charge in [0.05, 0.1) is 22.3 Å². The molecular formula is C25H23N3O3S. The number of amides is 1. The fourth-order valence-electron chi connectivity index (χ4n) is 4.55. The molecule has 2 atom stereocenters. The summed E-state index contributed by atoms with van der Waals surface area (Å²) >= 11 is 0. The van der Waals surface area contributed by atoms with E-state index in [1.807, 2.05) is 55.5 Å². The Morgan fingerprint density at radius 3 is 2.28 bits per heavy atom. The molecule has 162 valence electrons. The highest BCUT2D eigenvalue weighted by Crippen LogP contribution is 2.44. The zero-order valence-corrected chi connectivity index (χ0v) is 18.7. The second-order valence-corrected chi connectivity index (χ2v) is 10.0. The van der Waals surface area contributed by atoms with Crippen molar-refractivity contribution in [1.82, 2.24) is 5.01 Å². The maximum atomic E-state index is 13.7. The Hall–Kier alpha value is -3.45. The summed E-state index contributed by atoms with van der Waals surface area (Å²) in [6.45, 7) is 3.62. The van der Waals surface area contributed by atoms with Crippen molar-refractivity contribution in [2.24, 2.45) is 11.0 Å². The maximum Gasteiger partial charge on any atom is 0.264 e. The van der Waals surface area contributed by atoms with Gasteiger partial charge >= 0.3 is 0 Å². The minimum Gasteiger partial charge on any atom is -0.273 e. The lowest BCUT2D eigenvalue weighted by atomic mass is 9.84. The number of hydrogen-bond acceptors (Lipinski definition) is 4. The van der Waals surface area contributed by atoms with E-state index >= 15 is 0 Å². The van der Waals surface area contributed by atoms with Gasteiger partial charge in [0.15, 0.2) is 0 Å². The molecular weight excluding hydrogens is 422 g/mol. The first kappa shape index (κ1) is 20.5. The van der Waals surface area contributed by atoms with Crippen molar-refractivity contribution in [3.8, 4) is 0 Å². The van der Waals surface area contributed by atoms with Crippen LogP contribution in [-0.2, 0) is 14.8 Å². The molecule has 6 nitrogen and oxygen atoms in total. The van der Waals surface area contributed by atoms with E-state index in [1.54, 1.807) is 30.3 Å². The van der Waals surface area contributed by atoms with Crippen LogP contribution in [0.2, 0.25) is 0 Å². The van der Waals surface area contributed by atoms with Crippen LogP contribution in [0.4, 0.5) is 5.69 Å². The topological polar surface area (TPSA) is 70.1 Å². The third-order valence-electron chi connectivity index (χ3n) is 6.10. The van der Waals surface area contributed by atoms with Crippen molar-refractivity contribution in [2.75, 3.05) is 10.8 Å². The lowest BCUT2D eigenvalue weighted by molar-refractivity contribution is -0.131. The molecule has 3 aromatic carbocycles. The summed E-state index contributed by atoms with van der Waals surface area (Å²) < 4.78 is 28.9. The molecule has 3 aromatic rings. The largest absolute Gasteiger partial charge is 0.273 e. The third kappa shape index (κ3) is 3.20. The summed E-state index contributed by atoms with van der Waals surface area (Å²) in [4.78, 5) is 12.8. The Labute approximate surface area is 187 Å². The number of carbonyl (C=O) groups is 1. The van der Waals surface area contributed by atoms with Gasteiger partial charge < -0.3 is 0 Å². The van der Waals surface area contributed by atoms with Crippen LogP contribution in [0.5, 0.6) is 0 Å². The van der Waals surface area contributed by atoms with Gasteiger partial charge in [0.2, 0.25) is 5.91 Å². The first-order valence-electron chi connectivity index (χ1n) is 10.5. The van der Waals surface area contributed by atoms with Gasteiger partial charge in [-0.25, -0.2) is 13.4 Å². The van der Waals surface area contributed by atoms with Crippen LogP contribution in [0.1, 0.15) is 29.7 Å². The van der Waals surface area contributed by atoms with Gasteiger partial charge in [-0.1, -0.05) is 66.2 Å². The van der Waals surface area contributed by atoms with E-state index in [0.717, 1.165) is 22.4 Å². The van der Waals surface area contributed by atoms with Crippen LogP contribution in [0.3, 0.4) is 0 Å². The molecule has 0 aliphatic carbocycles. The molecule has 5 rings (SSSR count). The van der Waals surface area contributed by atoms with Crippen LogP contribution in [0, 0.1) is 12.8 Å². The number of sulfonamides is 1. The van der Waals surface area contributed by atoms with Crippen molar-refractivity contribution in [1.29, 1.82) is 0 Å². The summed E-state index contributed by atoms with van der Waals surface area (Å²) in [7, 11) is -3.80. The highest BCUT2D eigenvalue weighted by molar-refractivity contribution is 7.92. The van der Waals surface area contributed by atoms with Crippen molar-refractivity contribution in [2.45, 2.75) is 24.8 Å². The molecule has 7 heteroatoms. The minimum atomic E-state index is -3.80. The Balaban J connectivity index is 1.66. The molecule has 32 heavy (non-hydrogen) atoms. The van der Waals surface area contributed by atoms with Crippen LogP contribution in [-0.4, -0.2) is 31.6 Å². The van der Waals surface area contributed by atoms with Crippen molar-refractivity contribution in [3.63, 3.8) is 0 Å². The van der Waals surface area contributed by atoms with Crippen LogP contribution < -0.4 is 4.31 Å². The normalized spacial score (nSPS) is 19.9. The van der Waals surface area contributed by atoms with Gasteiger partial charge in [-0.3, -0.25) is 9.10 Å². The Kier molecular flexibility index (Phi) is 4.86. The predicted molar refractivity (Wildman–Crippen MR) is 124 cm³/mol. The van der Waals surface area contributed by atoms with Gasteiger partial charge in [0, 0.05) is 24.9 Å². The number of hydrazone groups is 1. The van der Waals surface area contributed by atoms with E-state index in [9.17, 15) is 13.2 Å². The maximum absolute atomic E-state index is 13.7. The molecule has 0 spiro atoms. The monoisotopic (exact) mass is 445 g/mol. The quantitative estimate of drug-likeness (QED) is 0.609. The van der Waals surface area contributed by atoms with Gasteiger partial charge in [-0.15, -0.1) is 0 Å². The SMILES string of the molecule is CC(=O)N1N=C2c3ccccc3N(S(=O)(=O)c3ccc(C)cc3)CC2C1c1ccccc1. The summed E-state index contributed by atoms with van der Waals surface area (Å²) in [6, 6.07) is 23.6. The van der Waals surface area contributed by atoms with E-state index in [1.165, 1.54) is 16.2 Å². The van der Waals surface area contributed by atoms with Crippen LogP contribution in [0.15, 0.2) is 88.9 Å². The Morgan fingerprint density at radius 1 is 0.938 bits per heavy atom. The fourth-order valence-corrected chi connectivity index (χ4v) is 6.06. The van der Waals surface area contributed by atoms with E-state index in [4.69, 9.17) is 0 Å². The zero-order chi connectivity index (χ0) is 22.5. The number of fused-ring (bicyclic) bond motifs is 3. The van der Waals surface area contributed by atoms with Crippen LogP contribution >= 0.6 is 0 Å². The molecule has 2 aliphatic heterocycles. The molecule has 0 bridgehead atoms. The highest BCUT2D eigenvalue weighted by atomic mass is 32.2. The second-order valence-electron chi connectivity index (χ2n) is 8.18. The summed E-state index contributed by atoms with van der Waals surface area (Å²) in [6.07, 6.45) is 0. The molecule has 0 aromatic heterocycles. The molecule has 2 aliphatic rings. The van der Waals surface area contributed by atoms with Gasteiger partial charge in [0.25, 0.3) is 10.0 Å². The average Bonchev–Trinajstić information content (AvgIpc) is 3.19. The van der Waals surface area contributed by atoms with Crippen LogP contribution in [0.25, 0.3) is 0 Å². The summed E-state index contributed by atoms with van der Waals surface area (Å²) in [5, 5.41) is 6.18. The predicted octanol–water partition coefficient (Wildman–Crippen LogP) is 4.13. The van der Waals surface area contributed by atoms with Gasteiger partial charge in [-0.2, -0.15) is 5.10 Å². The lowest BCUT2D eigenvalue weighted by Crippen LogP contribution is -2.44. The number of carbonyl (C=O) groups excluding carboxylic acids is 1. The Bertz CT molecular complexity index is 1320. The molecule has 0 saturated carbocycles. The first-order valence-corrected chi connectivity index (χ1v) is 11.9. The number of anilines is 1. The molecule has 0 N–H and O–H groups in total. The fraction of sp³-hybridized carbons (Fsp3) is 0.200. The number of nitrogens with zero attached hydrogens (tertiary/aromatic N) is 3. The molecule has 0 saturated heterocycles. The van der Waals surface area contributed by atoms with E-state index in [0.29, 0.717) is 5.69 Å². The smallest absolute Gasteiger partial charge is 0.264 e. The van der Waals surface area contributed by atoms with Gasteiger partial charge in [-0.05, 0) is 30.7 Å². The number of hydrogen-bond donors (Lipinski definition) is 0. The van der Waals surface area contributed by atoms with Crippen molar-refractivity contribution < 1.29 is 13.2 Å².